The van der Waals surface area contributed by atoms with Crippen LogP contribution in [0.4, 0.5) is 13.2 Å². The van der Waals surface area contributed by atoms with Gasteiger partial charge in [0, 0.05) is 12.1 Å². The molecule has 0 aromatic heterocycles. The smallest absolute Gasteiger partial charge is 0.330 e. The Hall–Kier alpha value is -1.07. The zero-order valence-corrected chi connectivity index (χ0v) is 12.5. The van der Waals surface area contributed by atoms with Crippen LogP contribution >= 0.6 is 0 Å². The second-order valence-electron chi connectivity index (χ2n) is 6.00. The molecule has 0 radical (unpaired) electrons. The van der Waals surface area contributed by atoms with Crippen LogP contribution in [0.2, 0.25) is 0 Å². The van der Waals surface area contributed by atoms with E-state index in [9.17, 15) is 13.2 Å². The molecule has 5 heteroatoms. The minimum atomic E-state index is -4.32. The summed E-state index contributed by atoms with van der Waals surface area (Å²) in [7, 11) is 0. The van der Waals surface area contributed by atoms with Gasteiger partial charge in [-0.2, -0.15) is 13.2 Å². The fourth-order valence-corrected chi connectivity index (χ4v) is 3.38. The van der Waals surface area contributed by atoms with Crippen molar-refractivity contribution in [3.63, 3.8) is 0 Å². The molecule has 1 saturated heterocycles. The van der Waals surface area contributed by atoms with Gasteiger partial charge in [-0.25, -0.2) is 0 Å². The van der Waals surface area contributed by atoms with Crippen molar-refractivity contribution in [1.29, 1.82) is 0 Å². The van der Waals surface area contributed by atoms with Gasteiger partial charge in [0.05, 0.1) is 5.56 Å². The molecule has 0 bridgehead atoms. The molecule has 0 aliphatic carbocycles. The Labute approximate surface area is 124 Å². The van der Waals surface area contributed by atoms with Crippen LogP contribution in [0, 0.1) is 5.92 Å². The first-order valence-electron chi connectivity index (χ1n) is 7.48. The summed E-state index contributed by atoms with van der Waals surface area (Å²) in [4.78, 5) is 2.16. The second kappa shape index (κ2) is 6.36. The fourth-order valence-electron chi connectivity index (χ4n) is 3.38. The normalized spacial score (nSPS) is 24.5. The number of likely N-dealkylation sites (tertiary alicyclic amines) is 1. The van der Waals surface area contributed by atoms with Crippen molar-refractivity contribution in [2.24, 2.45) is 11.7 Å². The van der Waals surface area contributed by atoms with Gasteiger partial charge in [-0.3, -0.25) is 4.90 Å². The summed E-state index contributed by atoms with van der Waals surface area (Å²) < 4.78 is 39.9. The first-order valence-corrected chi connectivity index (χ1v) is 7.48. The fraction of sp³-hybridized carbons (Fsp3) is 0.625. The number of halogens is 3. The molecule has 1 fully saturated rings. The molecule has 1 heterocycles. The van der Waals surface area contributed by atoms with Crippen LogP contribution in [0.1, 0.15) is 43.9 Å². The predicted octanol–water partition coefficient (Wildman–Crippen LogP) is 3.83. The van der Waals surface area contributed by atoms with Crippen molar-refractivity contribution in [2.45, 2.75) is 44.9 Å². The van der Waals surface area contributed by atoms with Gasteiger partial charge in [-0.15, -0.1) is 0 Å². The molecule has 0 saturated carbocycles. The van der Waals surface area contributed by atoms with E-state index in [0.717, 1.165) is 19.4 Å². The maximum Gasteiger partial charge on any atom is 0.416 e. The molecule has 0 amide bonds. The van der Waals surface area contributed by atoms with Crippen LogP contribution in [-0.4, -0.2) is 24.0 Å². The summed E-state index contributed by atoms with van der Waals surface area (Å²) in [5.74, 6) is 0.0737. The third-order valence-electron chi connectivity index (χ3n) is 4.35. The molecular formula is C16H23F3N2. The van der Waals surface area contributed by atoms with Gasteiger partial charge >= 0.3 is 6.18 Å². The lowest BCUT2D eigenvalue weighted by atomic mass is 9.82. The lowest BCUT2D eigenvalue weighted by Crippen LogP contribution is -2.45. The molecule has 2 nitrogen and oxygen atoms in total. The average Bonchev–Trinajstić information content (AvgIpc) is 2.45. The number of rotatable bonds is 3. The van der Waals surface area contributed by atoms with E-state index in [1.165, 1.54) is 12.1 Å². The predicted molar refractivity (Wildman–Crippen MR) is 77.8 cm³/mol. The van der Waals surface area contributed by atoms with Gasteiger partial charge in [0.1, 0.15) is 0 Å². The van der Waals surface area contributed by atoms with Crippen LogP contribution in [0.15, 0.2) is 24.3 Å². The maximum absolute atomic E-state index is 13.3. The summed E-state index contributed by atoms with van der Waals surface area (Å²) in [6.07, 6.45) is -2.45. The lowest BCUT2D eigenvalue weighted by molar-refractivity contribution is -0.139. The summed E-state index contributed by atoms with van der Waals surface area (Å²) in [5.41, 5.74) is 5.69. The second-order valence-corrected chi connectivity index (χ2v) is 6.00. The van der Waals surface area contributed by atoms with Gasteiger partial charge in [0.15, 0.2) is 0 Å². The van der Waals surface area contributed by atoms with Crippen LogP contribution in [0.3, 0.4) is 0 Å². The van der Waals surface area contributed by atoms with Crippen LogP contribution in [0.5, 0.6) is 0 Å². The monoisotopic (exact) mass is 300 g/mol. The highest BCUT2D eigenvalue weighted by molar-refractivity contribution is 5.33. The summed E-state index contributed by atoms with van der Waals surface area (Å²) in [6, 6.07) is 5.87. The molecule has 118 valence electrons. The average molecular weight is 300 g/mol. The molecule has 1 aliphatic rings. The standard InChI is InChI=1S/C16H23F3N2/c1-11(2)21-9-5-6-12(10-20)15(21)13-7-3-4-8-14(13)16(17,18)19/h3-4,7-8,11-12,15H,5-6,9-10,20H2,1-2H3. The van der Waals surface area contributed by atoms with Gasteiger partial charge in [0.25, 0.3) is 0 Å². The third-order valence-corrected chi connectivity index (χ3v) is 4.35. The van der Waals surface area contributed by atoms with Gasteiger partial charge in [-0.1, -0.05) is 18.2 Å². The Balaban J connectivity index is 2.49. The zero-order valence-electron chi connectivity index (χ0n) is 12.5. The summed E-state index contributed by atoms with van der Waals surface area (Å²) in [5, 5.41) is 0. The van der Waals surface area contributed by atoms with Crippen molar-refractivity contribution >= 4 is 0 Å². The van der Waals surface area contributed by atoms with E-state index in [2.05, 4.69) is 4.90 Å². The highest BCUT2D eigenvalue weighted by Gasteiger charge is 2.40. The summed E-state index contributed by atoms with van der Waals surface area (Å²) >= 11 is 0. The number of piperidine rings is 1. The van der Waals surface area contributed by atoms with Crippen LogP contribution in [0.25, 0.3) is 0 Å². The van der Waals surface area contributed by atoms with E-state index >= 15 is 0 Å². The first kappa shape index (κ1) is 16.3. The SMILES string of the molecule is CC(C)N1CCCC(CN)C1c1ccccc1C(F)(F)F. The van der Waals surface area contributed by atoms with E-state index in [4.69, 9.17) is 5.73 Å². The molecule has 1 aromatic rings. The Bertz CT molecular complexity index is 471. The number of nitrogens with zero attached hydrogens (tertiary/aromatic N) is 1. The van der Waals surface area contributed by atoms with E-state index in [0.29, 0.717) is 12.1 Å². The van der Waals surface area contributed by atoms with E-state index < -0.39 is 11.7 Å². The van der Waals surface area contributed by atoms with Gasteiger partial charge in [-0.05, 0) is 57.3 Å². The van der Waals surface area contributed by atoms with Crippen molar-refractivity contribution in [3.8, 4) is 0 Å². The molecule has 1 aromatic carbocycles. The molecule has 0 spiro atoms. The molecule has 2 atom stereocenters. The minimum Gasteiger partial charge on any atom is -0.330 e. The maximum atomic E-state index is 13.3. The first-order chi connectivity index (χ1) is 9.86. The number of benzene rings is 1. The number of hydrogen-bond donors (Lipinski definition) is 1. The van der Waals surface area contributed by atoms with E-state index in [1.54, 1.807) is 12.1 Å². The summed E-state index contributed by atoms with van der Waals surface area (Å²) in [6.45, 7) is 5.30. The largest absolute Gasteiger partial charge is 0.416 e. The lowest BCUT2D eigenvalue weighted by Gasteiger charge is -2.44. The highest BCUT2D eigenvalue weighted by atomic mass is 19.4. The number of hydrogen-bond acceptors (Lipinski definition) is 2. The van der Waals surface area contributed by atoms with Gasteiger partial charge in [0.2, 0.25) is 0 Å². The number of nitrogens with two attached hydrogens (primary N) is 1. The Morgan fingerprint density at radius 3 is 2.52 bits per heavy atom. The van der Waals surface area contributed by atoms with Gasteiger partial charge < -0.3 is 5.73 Å². The number of alkyl halides is 3. The zero-order chi connectivity index (χ0) is 15.6. The Morgan fingerprint density at radius 1 is 1.29 bits per heavy atom. The van der Waals surface area contributed by atoms with Crippen molar-refractivity contribution in [2.75, 3.05) is 13.1 Å². The molecule has 1 aliphatic heterocycles. The van der Waals surface area contributed by atoms with E-state index in [1.807, 2.05) is 13.8 Å². The molecule has 2 N–H and O–H groups in total. The molecule has 2 unspecified atom stereocenters. The topological polar surface area (TPSA) is 29.3 Å². The van der Waals surface area contributed by atoms with Crippen molar-refractivity contribution < 1.29 is 13.2 Å². The molecular weight excluding hydrogens is 277 g/mol. The molecule has 21 heavy (non-hydrogen) atoms. The third kappa shape index (κ3) is 3.40. The van der Waals surface area contributed by atoms with Crippen LogP contribution < -0.4 is 5.73 Å². The Morgan fingerprint density at radius 2 is 1.95 bits per heavy atom. The quantitative estimate of drug-likeness (QED) is 0.919. The minimum absolute atomic E-state index is 0.0737. The highest BCUT2D eigenvalue weighted by Crippen LogP contribution is 2.42. The van der Waals surface area contributed by atoms with Crippen molar-refractivity contribution in [3.05, 3.63) is 35.4 Å². The molecule has 2 rings (SSSR count). The van der Waals surface area contributed by atoms with Crippen LogP contribution in [-0.2, 0) is 6.18 Å². The van der Waals surface area contributed by atoms with E-state index in [-0.39, 0.29) is 18.0 Å². The van der Waals surface area contributed by atoms with Crippen molar-refractivity contribution in [1.82, 2.24) is 4.90 Å². The Kier molecular flexibility index (Phi) is 4.94.